The first kappa shape index (κ1) is 18.8. The van der Waals surface area contributed by atoms with E-state index in [2.05, 4.69) is 61.3 Å². The van der Waals surface area contributed by atoms with Gasteiger partial charge in [0.25, 0.3) is 0 Å². The largest absolute Gasteiger partial charge is 0.359 e. The summed E-state index contributed by atoms with van der Waals surface area (Å²) in [7, 11) is 0. The minimum absolute atomic E-state index is 0.205. The van der Waals surface area contributed by atoms with Crippen LogP contribution in [0.25, 0.3) is 0 Å². The highest BCUT2D eigenvalue weighted by Crippen LogP contribution is 2.62. The Morgan fingerprint density at radius 1 is 1.07 bits per heavy atom. The Hall–Kier alpha value is -1.51. The van der Waals surface area contributed by atoms with E-state index < -0.39 is 0 Å². The number of fused-ring (bicyclic) bond motifs is 2. The lowest BCUT2D eigenvalue weighted by atomic mass is 9.68. The zero-order valence-electron chi connectivity index (χ0n) is 17.3. The van der Waals surface area contributed by atoms with Crippen molar-refractivity contribution < 1.29 is 4.79 Å². The molecule has 3 heteroatoms. The second-order valence-electron chi connectivity index (χ2n) is 10.2. The Morgan fingerprint density at radius 2 is 1.78 bits per heavy atom. The molecular formula is C24H36N2O. The van der Waals surface area contributed by atoms with Gasteiger partial charge in [0, 0.05) is 17.8 Å². The molecule has 3 fully saturated rings. The van der Waals surface area contributed by atoms with Crippen LogP contribution in [0.4, 0.5) is 5.69 Å². The van der Waals surface area contributed by atoms with E-state index in [-0.39, 0.29) is 16.7 Å². The number of para-hydroxylation sites is 1. The summed E-state index contributed by atoms with van der Waals surface area (Å²) in [6.07, 6.45) is 10.2. The summed E-state index contributed by atoms with van der Waals surface area (Å²) in [5.74, 6) is 0.965. The highest BCUT2D eigenvalue weighted by Gasteiger charge is 2.59. The first-order valence-corrected chi connectivity index (χ1v) is 11.0. The highest BCUT2D eigenvalue weighted by molar-refractivity contribution is 5.82. The van der Waals surface area contributed by atoms with E-state index in [0.29, 0.717) is 18.6 Å². The summed E-state index contributed by atoms with van der Waals surface area (Å²) in [6.45, 7) is 7.61. The van der Waals surface area contributed by atoms with Gasteiger partial charge in [0.1, 0.15) is 0 Å². The average Bonchev–Trinajstić information content (AvgIpc) is 3.16. The lowest BCUT2D eigenvalue weighted by Crippen LogP contribution is -2.55. The van der Waals surface area contributed by atoms with Gasteiger partial charge in [-0.3, -0.25) is 4.79 Å². The number of carbonyl (C=O) groups is 1. The Labute approximate surface area is 164 Å². The number of anilines is 1. The second-order valence-corrected chi connectivity index (χ2v) is 10.2. The van der Waals surface area contributed by atoms with Crippen LogP contribution in [0.1, 0.15) is 72.1 Å². The molecule has 0 saturated heterocycles. The van der Waals surface area contributed by atoms with E-state index in [1.807, 2.05) is 0 Å². The highest BCUT2D eigenvalue weighted by atomic mass is 16.2. The molecule has 3 unspecified atom stereocenters. The molecule has 3 aliphatic rings. The van der Waals surface area contributed by atoms with Gasteiger partial charge in [-0.25, -0.2) is 0 Å². The molecule has 1 amide bonds. The van der Waals surface area contributed by atoms with Crippen molar-refractivity contribution in [2.45, 2.75) is 84.2 Å². The van der Waals surface area contributed by atoms with Crippen molar-refractivity contribution >= 4 is 11.6 Å². The number of rotatable bonds is 5. The lowest BCUT2D eigenvalue weighted by molar-refractivity contribution is -0.122. The molecule has 0 aliphatic heterocycles. The van der Waals surface area contributed by atoms with Crippen LogP contribution in [-0.4, -0.2) is 24.5 Å². The maximum Gasteiger partial charge on any atom is 0.239 e. The molecule has 0 heterocycles. The fourth-order valence-electron chi connectivity index (χ4n) is 6.47. The van der Waals surface area contributed by atoms with Crippen LogP contribution in [0, 0.1) is 16.7 Å². The van der Waals surface area contributed by atoms with Crippen LogP contribution in [0.2, 0.25) is 0 Å². The van der Waals surface area contributed by atoms with E-state index in [1.54, 1.807) is 0 Å². The lowest BCUT2D eigenvalue weighted by Gasteiger charge is -2.44. The van der Waals surface area contributed by atoms with Crippen LogP contribution in [0.5, 0.6) is 0 Å². The standard InChI is InChI=1S/C24H36N2O/c1-23(2)18-14-15-24(3,16-18)22(23)25-21(27)17-26(19-10-6-4-7-11-19)20-12-8-5-9-13-20/h4,6-7,10-11,18,20,22H,5,8-9,12-17H2,1-3H3,(H,25,27). The Balaban J connectivity index is 1.49. The van der Waals surface area contributed by atoms with Crippen molar-refractivity contribution in [1.82, 2.24) is 5.32 Å². The summed E-state index contributed by atoms with van der Waals surface area (Å²) in [5, 5.41) is 3.50. The molecule has 148 valence electrons. The first-order valence-electron chi connectivity index (χ1n) is 11.0. The smallest absolute Gasteiger partial charge is 0.239 e. The molecule has 0 spiro atoms. The maximum atomic E-state index is 13.2. The molecule has 1 N–H and O–H groups in total. The van der Waals surface area contributed by atoms with Gasteiger partial charge >= 0.3 is 0 Å². The van der Waals surface area contributed by atoms with Gasteiger partial charge in [-0.2, -0.15) is 0 Å². The zero-order chi connectivity index (χ0) is 19.1. The molecule has 27 heavy (non-hydrogen) atoms. The molecule has 3 nitrogen and oxygen atoms in total. The van der Waals surface area contributed by atoms with E-state index in [4.69, 9.17) is 0 Å². The van der Waals surface area contributed by atoms with Crippen LogP contribution in [-0.2, 0) is 4.79 Å². The predicted molar refractivity (Wildman–Crippen MR) is 112 cm³/mol. The van der Waals surface area contributed by atoms with Gasteiger partial charge in [-0.05, 0) is 61.0 Å². The number of hydrogen-bond donors (Lipinski definition) is 1. The normalized spacial score (nSPS) is 32.4. The van der Waals surface area contributed by atoms with Crippen molar-refractivity contribution in [3.8, 4) is 0 Å². The quantitative estimate of drug-likeness (QED) is 0.779. The summed E-state index contributed by atoms with van der Waals surface area (Å²) in [6, 6.07) is 11.3. The van der Waals surface area contributed by atoms with Crippen molar-refractivity contribution in [2.75, 3.05) is 11.4 Å². The molecule has 2 bridgehead atoms. The molecule has 3 saturated carbocycles. The molecule has 0 aromatic heterocycles. The van der Waals surface area contributed by atoms with Crippen LogP contribution >= 0.6 is 0 Å². The van der Waals surface area contributed by atoms with E-state index in [9.17, 15) is 4.79 Å². The SMILES string of the molecule is CC12CCC(C1)C(C)(C)C2NC(=O)CN(c1ccccc1)C1CCCCC1. The summed E-state index contributed by atoms with van der Waals surface area (Å²) < 4.78 is 0. The minimum atomic E-state index is 0.205. The van der Waals surface area contributed by atoms with Gasteiger partial charge in [0.15, 0.2) is 0 Å². The number of nitrogens with one attached hydrogen (secondary N) is 1. The van der Waals surface area contributed by atoms with E-state index in [1.165, 1.54) is 57.1 Å². The number of amides is 1. The van der Waals surface area contributed by atoms with E-state index >= 15 is 0 Å². The predicted octanol–water partition coefficient (Wildman–Crippen LogP) is 5.16. The summed E-state index contributed by atoms with van der Waals surface area (Å²) >= 11 is 0. The van der Waals surface area contributed by atoms with Gasteiger partial charge in [0.05, 0.1) is 6.54 Å². The summed E-state index contributed by atoms with van der Waals surface area (Å²) in [5.41, 5.74) is 1.69. The third kappa shape index (κ3) is 3.50. The fourth-order valence-corrected chi connectivity index (χ4v) is 6.47. The monoisotopic (exact) mass is 368 g/mol. The molecule has 1 aromatic rings. The average molecular weight is 369 g/mol. The minimum Gasteiger partial charge on any atom is -0.359 e. The van der Waals surface area contributed by atoms with Gasteiger partial charge in [0.2, 0.25) is 5.91 Å². The van der Waals surface area contributed by atoms with Gasteiger partial charge in [-0.15, -0.1) is 0 Å². The Morgan fingerprint density at radius 3 is 2.41 bits per heavy atom. The van der Waals surface area contributed by atoms with Crippen LogP contribution < -0.4 is 10.2 Å². The van der Waals surface area contributed by atoms with Gasteiger partial charge < -0.3 is 10.2 Å². The number of carbonyl (C=O) groups excluding carboxylic acids is 1. The van der Waals surface area contributed by atoms with Crippen LogP contribution in [0.15, 0.2) is 30.3 Å². The molecular weight excluding hydrogens is 332 g/mol. The molecule has 1 aromatic carbocycles. The molecule has 3 aliphatic carbocycles. The summed E-state index contributed by atoms with van der Waals surface area (Å²) in [4.78, 5) is 15.6. The van der Waals surface area contributed by atoms with Crippen molar-refractivity contribution in [2.24, 2.45) is 16.7 Å². The third-order valence-corrected chi connectivity index (χ3v) is 7.99. The van der Waals surface area contributed by atoms with Crippen molar-refractivity contribution in [3.63, 3.8) is 0 Å². The number of benzene rings is 1. The molecule has 4 rings (SSSR count). The third-order valence-electron chi connectivity index (χ3n) is 7.99. The Kier molecular flexibility index (Phi) is 4.98. The molecule has 3 atom stereocenters. The zero-order valence-corrected chi connectivity index (χ0v) is 17.3. The Bertz CT molecular complexity index is 659. The first-order chi connectivity index (χ1) is 12.9. The second kappa shape index (κ2) is 7.14. The number of hydrogen-bond acceptors (Lipinski definition) is 2. The van der Waals surface area contributed by atoms with Crippen molar-refractivity contribution in [1.29, 1.82) is 0 Å². The van der Waals surface area contributed by atoms with Gasteiger partial charge in [-0.1, -0.05) is 58.2 Å². The maximum absolute atomic E-state index is 13.2. The molecule has 0 radical (unpaired) electrons. The topological polar surface area (TPSA) is 32.3 Å². The number of nitrogens with zero attached hydrogens (tertiary/aromatic N) is 1. The van der Waals surface area contributed by atoms with Crippen LogP contribution in [0.3, 0.4) is 0 Å². The fraction of sp³-hybridized carbons (Fsp3) is 0.708. The van der Waals surface area contributed by atoms with E-state index in [0.717, 1.165) is 5.92 Å². The van der Waals surface area contributed by atoms with Crippen molar-refractivity contribution in [3.05, 3.63) is 30.3 Å².